The fraction of sp³-hybridized carbons (Fsp3) is 0.583. The number of anilines is 1. The molecule has 0 radical (unpaired) electrons. The minimum atomic E-state index is 0.486. The molecule has 0 saturated carbocycles. The van der Waals surface area contributed by atoms with E-state index < -0.39 is 0 Å². The number of aromatic nitrogens is 2. The molecule has 0 atom stereocenters. The zero-order valence-corrected chi connectivity index (χ0v) is 10.6. The van der Waals surface area contributed by atoms with Crippen LogP contribution in [0.1, 0.15) is 19.4 Å². The number of nitrogens with zero attached hydrogens (tertiary/aromatic N) is 4. The summed E-state index contributed by atoms with van der Waals surface area (Å²) in [5.74, 6) is 1.13. The van der Waals surface area contributed by atoms with Crippen LogP contribution in [-0.2, 0) is 4.74 Å². The molecule has 1 heterocycles. The summed E-state index contributed by atoms with van der Waals surface area (Å²) >= 11 is 0. The maximum atomic E-state index is 9.05. The lowest BCUT2D eigenvalue weighted by Crippen LogP contribution is -2.32. The van der Waals surface area contributed by atoms with E-state index in [0.29, 0.717) is 30.5 Å². The lowest BCUT2D eigenvalue weighted by Gasteiger charge is -2.25. The largest absolute Gasteiger partial charge is 0.383 e. The van der Waals surface area contributed by atoms with Crippen LogP contribution in [-0.4, -0.2) is 37.0 Å². The van der Waals surface area contributed by atoms with Gasteiger partial charge in [0.1, 0.15) is 6.07 Å². The van der Waals surface area contributed by atoms with Crippen LogP contribution in [0.3, 0.4) is 0 Å². The molecule has 0 aliphatic heterocycles. The van der Waals surface area contributed by atoms with E-state index in [1.165, 1.54) is 6.20 Å². The van der Waals surface area contributed by atoms with Crippen LogP contribution in [0.5, 0.6) is 0 Å². The van der Waals surface area contributed by atoms with Crippen molar-refractivity contribution in [2.24, 2.45) is 5.92 Å². The first-order valence-corrected chi connectivity index (χ1v) is 5.64. The Bertz CT molecular complexity index is 386. The van der Waals surface area contributed by atoms with Crippen LogP contribution >= 0.6 is 0 Å². The van der Waals surface area contributed by atoms with Gasteiger partial charge in [-0.2, -0.15) is 10.4 Å². The molecular weight excluding hydrogens is 216 g/mol. The molecule has 1 aromatic rings. The first-order valence-electron chi connectivity index (χ1n) is 5.64. The maximum Gasteiger partial charge on any atom is 0.169 e. The SMILES string of the molecule is COCCN(CC(C)C)c1nnccc1C#N. The van der Waals surface area contributed by atoms with Gasteiger partial charge in [-0.1, -0.05) is 13.8 Å². The summed E-state index contributed by atoms with van der Waals surface area (Å²) in [6.45, 7) is 6.40. The Kier molecular flexibility index (Phi) is 5.37. The van der Waals surface area contributed by atoms with Gasteiger partial charge in [0.2, 0.25) is 0 Å². The Morgan fingerprint density at radius 1 is 1.53 bits per heavy atom. The molecule has 1 aromatic heterocycles. The van der Waals surface area contributed by atoms with Gasteiger partial charge in [-0.25, -0.2) is 0 Å². The number of hydrogen-bond acceptors (Lipinski definition) is 5. The van der Waals surface area contributed by atoms with Gasteiger partial charge in [0.25, 0.3) is 0 Å². The van der Waals surface area contributed by atoms with E-state index in [0.717, 1.165) is 6.54 Å². The van der Waals surface area contributed by atoms with E-state index in [4.69, 9.17) is 10.00 Å². The molecule has 0 aliphatic carbocycles. The molecule has 1 rings (SSSR count). The van der Waals surface area contributed by atoms with E-state index in [-0.39, 0.29) is 0 Å². The highest BCUT2D eigenvalue weighted by Crippen LogP contribution is 2.16. The summed E-state index contributed by atoms with van der Waals surface area (Å²) in [5, 5.41) is 17.0. The van der Waals surface area contributed by atoms with E-state index in [1.807, 2.05) is 4.90 Å². The predicted molar refractivity (Wildman–Crippen MR) is 65.7 cm³/mol. The normalized spacial score (nSPS) is 10.3. The van der Waals surface area contributed by atoms with Crippen molar-refractivity contribution in [1.82, 2.24) is 10.2 Å². The molecule has 17 heavy (non-hydrogen) atoms. The van der Waals surface area contributed by atoms with Gasteiger partial charge in [0, 0.05) is 20.2 Å². The molecule has 0 amide bonds. The second kappa shape index (κ2) is 6.81. The van der Waals surface area contributed by atoms with Gasteiger partial charge in [-0.15, -0.1) is 5.10 Å². The quantitative estimate of drug-likeness (QED) is 0.745. The Morgan fingerprint density at radius 3 is 2.88 bits per heavy atom. The highest BCUT2D eigenvalue weighted by Gasteiger charge is 2.14. The molecule has 0 fully saturated rings. The van der Waals surface area contributed by atoms with E-state index in [2.05, 4.69) is 30.1 Å². The van der Waals surface area contributed by atoms with Crippen molar-refractivity contribution in [2.45, 2.75) is 13.8 Å². The van der Waals surface area contributed by atoms with Crippen molar-refractivity contribution in [3.8, 4) is 6.07 Å². The molecule has 0 aromatic carbocycles. The average Bonchev–Trinajstić information content (AvgIpc) is 2.34. The predicted octanol–water partition coefficient (Wildman–Crippen LogP) is 1.46. The number of nitriles is 1. The Labute approximate surface area is 102 Å². The Morgan fingerprint density at radius 2 is 2.29 bits per heavy atom. The lowest BCUT2D eigenvalue weighted by atomic mass is 10.2. The fourth-order valence-corrected chi connectivity index (χ4v) is 1.57. The van der Waals surface area contributed by atoms with Crippen molar-refractivity contribution < 1.29 is 4.74 Å². The number of rotatable bonds is 6. The van der Waals surface area contributed by atoms with E-state index in [9.17, 15) is 0 Å². The van der Waals surface area contributed by atoms with Crippen molar-refractivity contribution in [1.29, 1.82) is 5.26 Å². The zero-order valence-electron chi connectivity index (χ0n) is 10.6. The first-order chi connectivity index (χ1) is 8.19. The third-order valence-electron chi connectivity index (χ3n) is 2.27. The fourth-order valence-electron chi connectivity index (χ4n) is 1.57. The van der Waals surface area contributed by atoms with Crippen LogP contribution < -0.4 is 4.90 Å². The summed E-state index contributed by atoms with van der Waals surface area (Å²) in [5.41, 5.74) is 0.553. The highest BCUT2D eigenvalue weighted by molar-refractivity contribution is 5.52. The standard InChI is InChI=1S/C12H18N4O/c1-10(2)9-16(6-7-17-3)12-11(8-13)4-5-14-15-12/h4-5,10H,6-7,9H2,1-3H3. The topological polar surface area (TPSA) is 62.0 Å². The number of methoxy groups -OCH3 is 1. The van der Waals surface area contributed by atoms with Crippen molar-refractivity contribution >= 4 is 5.82 Å². The molecule has 0 N–H and O–H groups in total. The maximum absolute atomic E-state index is 9.05. The van der Waals surface area contributed by atoms with Crippen LogP contribution in [0.2, 0.25) is 0 Å². The minimum absolute atomic E-state index is 0.486. The van der Waals surface area contributed by atoms with Gasteiger partial charge in [0.15, 0.2) is 5.82 Å². The van der Waals surface area contributed by atoms with Crippen LogP contribution in [0, 0.1) is 17.2 Å². The van der Waals surface area contributed by atoms with Gasteiger partial charge >= 0.3 is 0 Å². The Balaban J connectivity index is 2.91. The van der Waals surface area contributed by atoms with Crippen molar-refractivity contribution in [2.75, 3.05) is 31.7 Å². The summed E-state index contributed by atoms with van der Waals surface area (Å²) in [7, 11) is 1.66. The van der Waals surface area contributed by atoms with Gasteiger partial charge in [0.05, 0.1) is 18.4 Å². The molecule has 0 spiro atoms. The number of ether oxygens (including phenoxy) is 1. The molecule has 5 nitrogen and oxygen atoms in total. The number of hydrogen-bond donors (Lipinski definition) is 0. The first kappa shape index (κ1) is 13.4. The summed E-state index contributed by atoms with van der Waals surface area (Å²) in [4.78, 5) is 2.04. The molecular formula is C12H18N4O. The van der Waals surface area contributed by atoms with Gasteiger partial charge in [-0.3, -0.25) is 0 Å². The summed E-state index contributed by atoms with van der Waals surface area (Å²) < 4.78 is 5.08. The molecule has 0 saturated heterocycles. The van der Waals surface area contributed by atoms with Crippen LogP contribution in [0.15, 0.2) is 12.3 Å². The lowest BCUT2D eigenvalue weighted by molar-refractivity contribution is 0.204. The second-order valence-corrected chi connectivity index (χ2v) is 4.21. The van der Waals surface area contributed by atoms with E-state index in [1.54, 1.807) is 13.2 Å². The summed E-state index contributed by atoms with van der Waals surface area (Å²) in [6.07, 6.45) is 1.53. The smallest absolute Gasteiger partial charge is 0.169 e. The zero-order chi connectivity index (χ0) is 12.7. The van der Waals surface area contributed by atoms with Crippen molar-refractivity contribution in [3.63, 3.8) is 0 Å². The highest BCUT2D eigenvalue weighted by atomic mass is 16.5. The molecule has 0 bridgehead atoms. The third-order valence-corrected chi connectivity index (χ3v) is 2.27. The molecule has 0 aliphatic rings. The van der Waals surface area contributed by atoms with Gasteiger partial charge in [-0.05, 0) is 12.0 Å². The third kappa shape index (κ3) is 4.00. The average molecular weight is 234 g/mol. The Hall–Kier alpha value is -1.67. The molecule has 5 heteroatoms. The van der Waals surface area contributed by atoms with Crippen LogP contribution in [0.25, 0.3) is 0 Å². The molecule has 0 unspecified atom stereocenters. The van der Waals surface area contributed by atoms with Gasteiger partial charge < -0.3 is 9.64 Å². The monoisotopic (exact) mass is 234 g/mol. The van der Waals surface area contributed by atoms with Crippen LogP contribution in [0.4, 0.5) is 5.82 Å². The second-order valence-electron chi connectivity index (χ2n) is 4.21. The molecule has 92 valence electrons. The van der Waals surface area contributed by atoms with Crippen molar-refractivity contribution in [3.05, 3.63) is 17.8 Å². The summed E-state index contributed by atoms with van der Waals surface area (Å²) in [6, 6.07) is 3.82. The minimum Gasteiger partial charge on any atom is -0.383 e. The van der Waals surface area contributed by atoms with E-state index >= 15 is 0 Å².